The second-order valence-electron chi connectivity index (χ2n) is 14.9. The number of hydrogen-bond donors (Lipinski definition) is 1. The third kappa shape index (κ3) is 7.65. The maximum absolute atomic E-state index is 14.2. The standard InChI is InChI=1S/C41H52N6O5/c1-6-22-45-35-16-9-10-17-36(35)46(39(45)49)31-20-18-29(19-21-31)26-32(47(40(50)51)41(2,3)4)27-37(48)43-23-11-13-30(28-43)38-42-33-14-7-8-15-34(33)44(38)24-12-25-52-5/h7-10,14-21,30,32H,6,11-13,22-28H2,1-5H3,(H,50,51). The van der Waals surface area contributed by atoms with Crippen molar-refractivity contribution in [3.05, 3.63) is 94.7 Å². The number of likely N-dealkylation sites (tertiary alicyclic amines) is 1. The van der Waals surface area contributed by atoms with Crippen LogP contribution >= 0.6 is 0 Å². The average Bonchev–Trinajstić information content (AvgIpc) is 3.62. The van der Waals surface area contributed by atoms with E-state index in [1.165, 1.54) is 4.90 Å². The lowest BCUT2D eigenvalue weighted by atomic mass is 9.93. The van der Waals surface area contributed by atoms with Crippen LogP contribution in [0, 0.1) is 0 Å². The Morgan fingerprint density at radius 3 is 2.33 bits per heavy atom. The highest BCUT2D eigenvalue weighted by atomic mass is 16.5. The van der Waals surface area contributed by atoms with Crippen molar-refractivity contribution in [2.75, 3.05) is 26.8 Å². The number of para-hydroxylation sites is 4. The van der Waals surface area contributed by atoms with Crippen LogP contribution in [0.2, 0.25) is 0 Å². The Bertz CT molecular complexity index is 2070. The van der Waals surface area contributed by atoms with E-state index in [1.54, 1.807) is 16.2 Å². The summed E-state index contributed by atoms with van der Waals surface area (Å²) in [6.45, 7) is 10.9. The van der Waals surface area contributed by atoms with Crippen molar-refractivity contribution in [3.63, 3.8) is 0 Å². The van der Waals surface area contributed by atoms with Crippen molar-refractivity contribution < 1.29 is 19.4 Å². The molecule has 2 atom stereocenters. The van der Waals surface area contributed by atoms with Gasteiger partial charge in [-0.2, -0.15) is 0 Å². The molecule has 3 heterocycles. The number of piperidine rings is 1. The summed E-state index contributed by atoms with van der Waals surface area (Å²) in [5, 5.41) is 10.5. The van der Waals surface area contributed by atoms with Crippen molar-refractivity contribution in [3.8, 4) is 5.69 Å². The van der Waals surface area contributed by atoms with E-state index in [1.807, 2.05) is 92.4 Å². The minimum Gasteiger partial charge on any atom is -0.465 e. The topological polar surface area (TPSA) is 115 Å². The number of imidazole rings is 2. The molecule has 11 heteroatoms. The van der Waals surface area contributed by atoms with Gasteiger partial charge in [0.25, 0.3) is 0 Å². The van der Waals surface area contributed by atoms with Gasteiger partial charge in [-0.15, -0.1) is 0 Å². The number of carbonyl (C=O) groups excluding carboxylic acids is 1. The minimum absolute atomic E-state index is 0.0563. The SMILES string of the molecule is CCCn1c(=O)n(-c2ccc(CC(CC(=O)N3CCCC(c4nc5ccccc5n4CCCOC)C3)N(C(=O)O)C(C)(C)C)cc2)c2ccccc21. The molecule has 1 saturated heterocycles. The average molecular weight is 709 g/mol. The number of ether oxygens (including phenoxy) is 1. The highest BCUT2D eigenvalue weighted by molar-refractivity contribution is 5.79. The smallest absolute Gasteiger partial charge is 0.408 e. The molecule has 11 nitrogen and oxygen atoms in total. The van der Waals surface area contributed by atoms with Gasteiger partial charge >= 0.3 is 11.8 Å². The Hall–Kier alpha value is -4.90. The number of aryl methyl sites for hydroxylation is 2. The lowest BCUT2D eigenvalue weighted by molar-refractivity contribution is -0.134. The number of amides is 2. The molecule has 1 aliphatic heterocycles. The van der Waals surface area contributed by atoms with Crippen LogP contribution in [0.15, 0.2) is 77.6 Å². The maximum atomic E-state index is 14.2. The molecule has 2 unspecified atom stereocenters. The van der Waals surface area contributed by atoms with Crippen LogP contribution < -0.4 is 5.69 Å². The Labute approximate surface area is 305 Å². The number of rotatable bonds is 13. The molecule has 0 aliphatic carbocycles. The summed E-state index contributed by atoms with van der Waals surface area (Å²) < 4.78 is 11.1. The molecule has 2 amide bonds. The van der Waals surface area contributed by atoms with Crippen LogP contribution in [0.1, 0.15) is 77.1 Å². The van der Waals surface area contributed by atoms with Crippen LogP contribution in [0.4, 0.5) is 4.79 Å². The van der Waals surface area contributed by atoms with Crippen LogP contribution in [-0.2, 0) is 29.0 Å². The van der Waals surface area contributed by atoms with Gasteiger partial charge in [-0.25, -0.2) is 14.6 Å². The monoisotopic (exact) mass is 708 g/mol. The summed E-state index contributed by atoms with van der Waals surface area (Å²) in [5.41, 5.74) is 4.58. The third-order valence-corrected chi connectivity index (χ3v) is 10.2. The summed E-state index contributed by atoms with van der Waals surface area (Å²) in [6, 6.07) is 23.1. The van der Waals surface area contributed by atoms with Crippen molar-refractivity contribution in [2.45, 2.75) is 96.8 Å². The third-order valence-electron chi connectivity index (χ3n) is 10.2. The van der Waals surface area contributed by atoms with E-state index in [4.69, 9.17) is 9.72 Å². The molecule has 0 saturated carbocycles. The van der Waals surface area contributed by atoms with E-state index in [0.717, 1.165) is 71.4 Å². The number of methoxy groups -OCH3 is 1. The second-order valence-corrected chi connectivity index (χ2v) is 14.9. The molecule has 3 aromatic carbocycles. The Kier molecular flexibility index (Phi) is 11.2. The summed E-state index contributed by atoms with van der Waals surface area (Å²) >= 11 is 0. The van der Waals surface area contributed by atoms with Gasteiger partial charge in [-0.1, -0.05) is 43.3 Å². The van der Waals surface area contributed by atoms with Crippen LogP contribution in [-0.4, -0.2) is 84.0 Å². The van der Waals surface area contributed by atoms with E-state index in [-0.39, 0.29) is 23.9 Å². The number of nitrogens with zero attached hydrogens (tertiary/aromatic N) is 6. The molecule has 1 fully saturated rings. The fourth-order valence-electron chi connectivity index (χ4n) is 7.95. The lowest BCUT2D eigenvalue weighted by Crippen LogP contribution is -2.54. The quantitative estimate of drug-likeness (QED) is 0.131. The molecule has 0 bridgehead atoms. The van der Waals surface area contributed by atoms with Crippen molar-refractivity contribution in [1.29, 1.82) is 0 Å². The predicted octanol–water partition coefficient (Wildman–Crippen LogP) is 7.07. The van der Waals surface area contributed by atoms with Crippen molar-refractivity contribution >= 4 is 34.1 Å². The van der Waals surface area contributed by atoms with E-state index in [2.05, 4.69) is 17.6 Å². The molecular weight excluding hydrogens is 656 g/mol. The maximum Gasteiger partial charge on any atom is 0.408 e. The Morgan fingerprint density at radius 1 is 0.962 bits per heavy atom. The lowest BCUT2D eigenvalue weighted by Gasteiger charge is -2.41. The van der Waals surface area contributed by atoms with Crippen molar-refractivity contribution in [1.82, 2.24) is 28.5 Å². The number of carbonyl (C=O) groups is 2. The fourth-order valence-corrected chi connectivity index (χ4v) is 7.95. The van der Waals surface area contributed by atoms with E-state index in [0.29, 0.717) is 32.7 Å². The molecule has 1 N–H and O–H groups in total. The normalized spacial score (nSPS) is 15.7. The first-order chi connectivity index (χ1) is 25.0. The minimum atomic E-state index is -1.06. The van der Waals surface area contributed by atoms with Gasteiger partial charge in [0, 0.05) is 63.8 Å². The van der Waals surface area contributed by atoms with Gasteiger partial charge in [0.1, 0.15) is 5.82 Å². The predicted molar refractivity (Wildman–Crippen MR) is 204 cm³/mol. The Balaban J connectivity index is 1.24. The summed E-state index contributed by atoms with van der Waals surface area (Å²) in [6.07, 6.45) is 2.84. The molecule has 52 heavy (non-hydrogen) atoms. The number of carboxylic acid groups (broad SMARTS) is 1. The summed E-state index contributed by atoms with van der Waals surface area (Å²) in [7, 11) is 1.71. The number of hydrogen-bond acceptors (Lipinski definition) is 5. The number of fused-ring (bicyclic) bond motifs is 2. The molecule has 5 aromatic rings. The zero-order chi connectivity index (χ0) is 37.0. The van der Waals surface area contributed by atoms with Gasteiger partial charge in [0.15, 0.2) is 0 Å². The van der Waals surface area contributed by atoms with Crippen molar-refractivity contribution in [2.24, 2.45) is 0 Å². The highest BCUT2D eigenvalue weighted by Gasteiger charge is 2.37. The molecule has 0 spiro atoms. The molecule has 1 aliphatic rings. The summed E-state index contributed by atoms with van der Waals surface area (Å²) in [5.74, 6) is 1.01. The summed E-state index contributed by atoms with van der Waals surface area (Å²) in [4.78, 5) is 48.9. The van der Waals surface area contributed by atoms with Gasteiger partial charge in [0.05, 0.1) is 27.8 Å². The molecule has 0 radical (unpaired) electrons. The number of benzene rings is 3. The van der Waals surface area contributed by atoms with E-state index < -0.39 is 17.7 Å². The first-order valence-electron chi connectivity index (χ1n) is 18.6. The fraction of sp³-hybridized carbons (Fsp3) is 0.463. The van der Waals surface area contributed by atoms with Crippen LogP contribution in [0.3, 0.4) is 0 Å². The first kappa shape index (κ1) is 36.9. The largest absolute Gasteiger partial charge is 0.465 e. The zero-order valence-electron chi connectivity index (χ0n) is 31.1. The molecule has 2 aromatic heterocycles. The van der Waals surface area contributed by atoms with Gasteiger partial charge in [-0.3, -0.25) is 18.8 Å². The van der Waals surface area contributed by atoms with E-state index in [9.17, 15) is 19.5 Å². The first-order valence-corrected chi connectivity index (χ1v) is 18.6. The highest BCUT2D eigenvalue weighted by Crippen LogP contribution is 2.31. The molecular formula is C41H52N6O5. The number of aromatic nitrogens is 4. The van der Waals surface area contributed by atoms with Gasteiger partial charge in [-0.05, 0) is 94.8 Å². The zero-order valence-corrected chi connectivity index (χ0v) is 31.1. The van der Waals surface area contributed by atoms with Crippen LogP contribution in [0.5, 0.6) is 0 Å². The molecule has 276 valence electrons. The molecule has 6 rings (SSSR count). The van der Waals surface area contributed by atoms with Crippen LogP contribution in [0.25, 0.3) is 27.8 Å². The van der Waals surface area contributed by atoms with Gasteiger partial charge < -0.3 is 19.3 Å². The van der Waals surface area contributed by atoms with Gasteiger partial charge in [0.2, 0.25) is 5.91 Å². The Morgan fingerprint density at radius 2 is 1.65 bits per heavy atom. The van der Waals surface area contributed by atoms with E-state index >= 15 is 0 Å². The second kappa shape index (κ2) is 15.8.